The molecule has 1 aliphatic carbocycles. The number of hydrogen-bond acceptors (Lipinski definition) is 4. The quantitative estimate of drug-likeness (QED) is 0.739. The number of anilines is 1. The molecule has 4 heteroatoms. The molecule has 0 amide bonds. The topological polar surface area (TPSA) is 41.6 Å². The minimum absolute atomic E-state index is 0.124. The first-order chi connectivity index (χ1) is 9.70. The van der Waals surface area contributed by atoms with Gasteiger partial charge in [0.2, 0.25) is 0 Å². The molecule has 2 rings (SSSR count). The van der Waals surface area contributed by atoms with Crippen LogP contribution >= 0.6 is 0 Å². The molecule has 1 saturated carbocycles. The van der Waals surface area contributed by atoms with Crippen molar-refractivity contribution in [2.75, 3.05) is 25.1 Å². The van der Waals surface area contributed by atoms with E-state index in [1.807, 2.05) is 25.1 Å². The summed E-state index contributed by atoms with van der Waals surface area (Å²) in [6.45, 7) is 3.12. The molecule has 0 aromatic heterocycles. The van der Waals surface area contributed by atoms with Gasteiger partial charge in [-0.2, -0.15) is 0 Å². The van der Waals surface area contributed by atoms with E-state index in [1.165, 1.54) is 18.5 Å². The Morgan fingerprint density at radius 2 is 2.10 bits per heavy atom. The van der Waals surface area contributed by atoms with Crippen molar-refractivity contribution in [1.29, 1.82) is 0 Å². The Kier molecular flexibility index (Phi) is 5.41. The van der Waals surface area contributed by atoms with E-state index in [-0.39, 0.29) is 12.0 Å². The molecule has 1 fully saturated rings. The predicted molar refractivity (Wildman–Crippen MR) is 80.9 cm³/mol. The Bertz CT molecular complexity index is 418. The van der Waals surface area contributed by atoms with E-state index in [1.54, 1.807) is 0 Å². The normalized spacial score (nSPS) is 15.7. The molecule has 0 aliphatic heterocycles. The van der Waals surface area contributed by atoms with Crippen molar-refractivity contribution in [3.63, 3.8) is 0 Å². The van der Waals surface area contributed by atoms with Crippen molar-refractivity contribution in [3.8, 4) is 0 Å². The smallest absolute Gasteiger partial charge is 0.323 e. The third-order valence-corrected chi connectivity index (χ3v) is 3.54. The number of nitrogens with one attached hydrogen (secondary N) is 1. The number of benzene rings is 1. The highest BCUT2D eigenvalue weighted by Gasteiger charge is 2.29. The molecular formula is C16H24N2O2. The summed E-state index contributed by atoms with van der Waals surface area (Å²) < 4.78 is 5.15. The molecule has 0 bridgehead atoms. The summed E-state index contributed by atoms with van der Waals surface area (Å²) in [6.07, 6.45) is 3.11. The van der Waals surface area contributed by atoms with Crippen molar-refractivity contribution >= 4 is 11.7 Å². The highest BCUT2D eigenvalue weighted by Crippen LogP contribution is 2.20. The number of rotatable bonds is 8. The molecule has 1 aromatic rings. The average Bonchev–Trinajstić information content (AvgIpc) is 3.28. The highest BCUT2D eigenvalue weighted by molar-refractivity contribution is 5.76. The van der Waals surface area contributed by atoms with E-state index in [4.69, 9.17) is 4.74 Å². The maximum Gasteiger partial charge on any atom is 0.323 e. The van der Waals surface area contributed by atoms with Gasteiger partial charge >= 0.3 is 5.97 Å². The Hall–Kier alpha value is -1.55. The molecule has 1 N–H and O–H groups in total. The molecule has 1 aliphatic rings. The summed E-state index contributed by atoms with van der Waals surface area (Å²) in [4.78, 5) is 14.1. The number of para-hydroxylation sites is 1. The average molecular weight is 276 g/mol. The number of carbonyl (C=O) groups excluding carboxylic acids is 1. The molecule has 0 spiro atoms. The van der Waals surface area contributed by atoms with Crippen molar-refractivity contribution in [2.45, 2.75) is 38.3 Å². The van der Waals surface area contributed by atoms with Crippen LogP contribution in [0.1, 0.15) is 26.2 Å². The molecule has 1 unspecified atom stereocenters. The van der Waals surface area contributed by atoms with Gasteiger partial charge in [-0.3, -0.25) is 4.79 Å². The van der Waals surface area contributed by atoms with Crippen molar-refractivity contribution < 1.29 is 9.53 Å². The first-order valence-electron chi connectivity index (χ1n) is 7.39. The van der Waals surface area contributed by atoms with E-state index in [0.29, 0.717) is 12.6 Å². The first kappa shape index (κ1) is 14.9. The van der Waals surface area contributed by atoms with Gasteiger partial charge in [-0.05, 0) is 38.3 Å². The van der Waals surface area contributed by atoms with Crippen molar-refractivity contribution in [1.82, 2.24) is 5.32 Å². The van der Waals surface area contributed by atoms with Gasteiger partial charge < -0.3 is 15.0 Å². The lowest BCUT2D eigenvalue weighted by atomic mass is 10.2. The van der Waals surface area contributed by atoms with Crippen LogP contribution in [-0.2, 0) is 9.53 Å². The standard InChI is InChI=1S/C16H24N2O2/c1-3-20-16(19)15(17-13-9-10-13)11-12-18(2)14-7-5-4-6-8-14/h4-8,13,15,17H,3,9-12H2,1-2H3. The van der Waals surface area contributed by atoms with Gasteiger partial charge in [0, 0.05) is 25.3 Å². The molecule has 1 aromatic carbocycles. The third-order valence-electron chi connectivity index (χ3n) is 3.54. The van der Waals surface area contributed by atoms with Crippen LogP contribution in [0.25, 0.3) is 0 Å². The van der Waals surface area contributed by atoms with Crippen molar-refractivity contribution in [2.24, 2.45) is 0 Å². The number of ether oxygens (including phenoxy) is 1. The van der Waals surface area contributed by atoms with Gasteiger partial charge in [0.25, 0.3) is 0 Å². The van der Waals surface area contributed by atoms with E-state index >= 15 is 0 Å². The van der Waals surface area contributed by atoms with Crippen LogP contribution in [0.15, 0.2) is 30.3 Å². The number of esters is 1. The molecule has 0 heterocycles. The number of hydrogen-bond donors (Lipinski definition) is 1. The van der Waals surface area contributed by atoms with E-state index < -0.39 is 0 Å². The zero-order valence-corrected chi connectivity index (χ0v) is 12.3. The molecule has 1 atom stereocenters. The maximum atomic E-state index is 12.0. The van der Waals surface area contributed by atoms with Crippen LogP contribution in [0.4, 0.5) is 5.69 Å². The molecule has 0 saturated heterocycles. The van der Waals surface area contributed by atoms with Gasteiger partial charge in [-0.25, -0.2) is 0 Å². The first-order valence-corrected chi connectivity index (χ1v) is 7.39. The fourth-order valence-corrected chi connectivity index (χ4v) is 2.18. The van der Waals surface area contributed by atoms with Crippen LogP contribution in [0.2, 0.25) is 0 Å². The number of carbonyl (C=O) groups is 1. The fraction of sp³-hybridized carbons (Fsp3) is 0.562. The minimum atomic E-state index is -0.186. The summed E-state index contributed by atoms with van der Waals surface area (Å²) in [7, 11) is 2.05. The second-order valence-corrected chi connectivity index (χ2v) is 5.29. The van der Waals surface area contributed by atoms with Crippen LogP contribution in [0, 0.1) is 0 Å². The Morgan fingerprint density at radius 3 is 2.70 bits per heavy atom. The van der Waals surface area contributed by atoms with Crippen LogP contribution in [0.5, 0.6) is 0 Å². The summed E-state index contributed by atoms with van der Waals surface area (Å²) in [5.74, 6) is -0.124. The van der Waals surface area contributed by atoms with E-state index in [2.05, 4.69) is 29.4 Å². The van der Waals surface area contributed by atoms with Gasteiger partial charge in [-0.1, -0.05) is 18.2 Å². The minimum Gasteiger partial charge on any atom is -0.465 e. The fourth-order valence-electron chi connectivity index (χ4n) is 2.18. The second-order valence-electron chi connectivity index (χ2n) is 5.29. The van der Waals surface area contributed by atoms with Crippen LogP contribution < -0.4 is 10.2 Å². The number of nitrogens with zero attached hydrogens (tertiary/aromatic N) is 1. The zero-order valence-electron chi connectivity index (χ0n) is 12.3. The van der Waals surface area contributed by atoms with Gasteiger partial charge in [0.15, 0.2) is 0 Å². The van der Waals surface area contributed by atoms with E-state index in [0.717, 1.165) is 13.0 Å². The van der Waals surface area contributed by atoms with Gasteiger partial charge in [0.05, 0.1) is 6.61 Å². The molecule has 0 radical (unpaired) electrons. The Labute approximate surface area is 121 Å². The van der Waals surface area contributed by atoms with E-state index in [9.17, 15) is 4.79 Å². The summed E-state index contributed by atoms with van der Waals surface area (Å²) in [5, 5.41) is 3.38. The highest BCUT2D eigenvalue weighted by atomic mass is 16.5. The van der Waals surface area contributed by atoms with Crippen LogP contribution in [-0.4, -0.2) is 38.3 Å². The maximum absolute atomic E-state index is 12.0. The second kappa shape index (κ2) is 7.29. The molecular weight excluding hydrogens is 252 g/mol. The zero-order chi connectivity index (χ0) is 14.4. The summed E-state index contributed by atoms with van der Waals surface area (Å²) >= 11 is 0. The van der Waals surface area contributed by atoms with Crippen molar-refractivity contribution in [3.05, 3.63) is 30.3 Å². The van der Waals surface area contributed by atoms with Gasteiger partial charge in [-0.15, -0.1) is 0 Å². The Balaban J connectivity index is 1.85. The summed E-state index contributed by atoms with van der Waals surface area (Å²) in [5.41, 5.74) is 1.17. The largest absolute Gasteiger partial charge is 0.465 e. The molecule has 110 valence electrons. The lowest BCUT2D eigenvalue weighted by Crippen LogP contribution is -2.41. The van der Waals surface area contributed by atoms with Gasteiger partial charge in [0.1, 0.15) is 6.04 Å². The van der Waals surface area contributed by atoms with Crippen LogP contribution in [0.3, 0.4) is 0 Å². The SMILES string of the molecule is CCOC(=O)C(CCN(C)c1ccccc1)NC1CC1. The monoisotopic (exact) mass is 276 g/mol. The third kappa shape index (κ3) is 4.53. The lowest BCUT2D eigenvalue weighted by Gasteiger charge is -2.23. The molecule has 20 heavy (non-hydrogen) atoms. The summed E-state index contributed by atoms with van der Waals surface area (Å²) in [6, 6.07) is 10.5. The lowest BCUT2D eigenvalue weighted by molar-refractivity contribution is -0.145. The molecule has 4 nitrogen and oxygen atoms in total. The predicted octanol–water partition coefficient (Wildman–Crippen LogP) is 2.20. The Morgan fingerprint density at radius 1 is 1.40 bits per heavy atom.